The number of carbonyl (C=O) groups excluding carboxylic acids is 1. The number of amides is 1. The Morgan fingerprint density at radius 3 is 2.43 bits per heavy atom. The van der Waals surface area contributed by atoms with Crippen molar-refractivity contribution in [2.24, 2.45) is 0 Å². The first-order valence-electron chi connectivity index (χ1n) is 6.63. The lowest BCUT2D eigenvalue weighted by atomic mass is 10.1. The van der Waals surface area contributed by atoms with Gasteiger partial charge in [0.2, 0.25) is 5.91 Å². The number of hydrogen-bond donors (Lipinski definition) is 2. The van der Waals surface area contributed by atoms with Gasteiger partial charge in [-0.25, -0.2) is 0 Å². The summed E-state index contributed by atoms with van der Waals surface area (Å²) >= 11 is 5.79. The summed E-state index contributed by atoms with van der Waals surface area (Å²) in [5.41, 5.74) is 7.20. The first kappa shape index (κ1) is 15.2. The van der Waals surface area contributed by atoms with Crippen LogP contribution >= 0.6 is 11.6 Å². The van der Waals surface area contributed by atoms with Gasteiger partial charge in [0, 0.05) is 10.7 Å². The molecule has 0 aromatic heterocycles. The van der Waals surface area contributed by atoms with Gasteiger partial charge in [0.15, 0.2) is 0 Å². The smallest absolute Gasteiger partial charge is 0.224 e. The third kappa shape index (κ3) is 5.36. The summed E-state index contributed by atoms with van der Waals surface area (Å²) in [5.74, 6) is 0.689. The Labute approximate surface area is 128 Å². The maximum absolute atomic E-state index is 11.7. The molecular formula is C16H17ClN2O2. The molecule has 3 N–H and O–H groups in total. The van der Waals surface area contributed by atoms with Crippen molar-refractivity contribution in [3.8, 4) is 5.75 Å². The van der Waals surface area contributed by atoms with Gasteiger partial charge >= 0.3 is 0 Å². The number of nitrogens with two attached hydrogens (primary N) is 1. The van der Waals surface area contributed by atoms with E-state index in [1.807, 2.05) is 12.1 Å². The van der Waals surface area contributed by atoms with Crippen LogP contribution in [0.2, 0.25) is 5.02 Å². The molecule has 0 fully saturated rings. The first-order chi connectivity index (χ1) is 10.1. The second-order valence-electron chi connectivity index (χ2n) is 4.57. The summed E-state index contributed by atoms with van der Waals surface area (Å²) in [4.78, 5) is 11.7. The lowest BCUT2D eigenvalue weighted by molar-refractivity contribution is -0.120. The molecule has 21 heavy (non-hydrogen) atoms. The number of hydrogen-bond acceptors (Lipinski definition) is 3. The van der Waals surface area contributed by atoms with Crippen LogP contribution < -0.4 is 15.8 Å². The third-order valence-corrected chi connectivity index (χ3v) is 3.10. The van der Waals surface area contributed by atoms with Crippen molar-refractivity contribution < 1.29 is 9.53 Å². The van der Waals surface area contributed by atoms with Gasteiger partial charge in [0.25, 0.3) is 0 Å². The summed E-state index contributed by atoms with van der Waals surface area (Å²) in [7, 11) is 0. The number of nitrogen functional groups attached to an aromatic ring is 1. The lowest BCUT2D eigenvalue weighted by Gasteiger charge is -2.08. The minimum atomic E-state index is -0.0433. The molecule has 2 rings (SSSR count). The van der Waals surface area contributed by atoms with E-state index in [0.29, 0.717) is 30.3 Å². The second kappa shape index (κ2) is 7.55. The molecule has 2 aromatic carbocycles. The average Bonchev–Trinajstić information content (AvgIpc) is 2.48. The molecule has 5 heteroatoms. The van der Waals surface area contributed by atoms with Crippen LogP contribution in [-0.2, 0) is 11.2 Å². The number of anilines is 1. The summed E-state index contributed by atoms with van der Waals surface area (Å²) < 4.78 is 5.49. The van der Waals surface area contributed by atoms with Gasteiger partial charge in [-0.05, 0) is 42.0 Å². The Kier molecular flexibility index (Phi) is 5.46. The third-order valence-electron chi connectivity index (χ3n) is 2.85. The fourth-order valence-electron chi connectivity index (χ4n) is 1.77. The molecule has 0 atom stereocenters. The van der Waals surface area contributed by atoms with Crippen LogP contribution in [0.25, 0.3) is 0 Å². The molecule has 0 saturated carbocycles. The Morgan fingerprint density at radius 2 is 1.76 bits per heavy atom. The number of carbonyl (C=O) groups is 1. The molecule has 0 spiro atoms. The number of benzene rings is 2. The van der Waals surface area contributed by atoms with Gasteiger partial charge in [0.1, 0.15) is 12.4 Å². The minimum Gasteiger partial charge on any atom is -0.492 e. The fourth-order valence-corrected chi connectivity index (χ4v) is 1.90. The molecule has 4 nitrogen and oxygen atoms in total. The van der Waals surface area contributed by atoms with Crippen molar-refractivity contribution in [1.82, 2.24) is 5.32 Å². The van der Waals surface area contributed by atoms with Crippen LogP contribution in [-0.4, -0.2) is 19.1 Å². The quantitative estimate of drug-likeness (QED) is 0.637. The van der Waals surface area contributed by atoms with Gasteiger partial charge in [-0.1, -0.05) is 23.7 Å². The minimum absolute atomic E-state index is 0.0433. The molecule has 0 aliphatic rings. The maximum atomic E-state index is 11.7. The fraction of sp³-hybridized carbons (Fsp3) is 0.188. The molecule has 0 bridgehead atoms. The highest BCUT2D eigenvalue weighted by Crippen LogP contribution is 2.12. The van der Waals surface area contributed by atoms with Gasteiger partial charge in [0.05, 0.1) is 13.0 Å². The summed E-state index contributed by atoms with van der Waals surface area (Å²) in [6.45, 7) is 0.868. The van der Waals surface area contributed by atoms with Gasteiger partial charge in [-0.15, -0.1) is 0 Å². The molecule has 1 amide bonds. The normalized spacial score (nSPS) is 10.1. The van der Waals surface area contributed by atoms with Crippen LogP contribution in [0.1, 0.15) is 5.56 Å². The van der Waals surface area contributed by atoms with Crippen molar-refractivity contribution in [1.29, 1.82) is 0 Å². The van der Waals surface area contributed by atoms with E-state index in [4.69, 9.17) is 22.1 Å². The molecule has 2 aromatic rings. The number of ether oxygens (including phenoxy) is 1. The highest BCUT2D eigenvalue weighted by molar-refractivity contribution is 6.30. The predicted molar refractivity (Wildman–Crippen MR) is 84.5 cm³/mol. The predicted octanol–water partition coefficient (Wildman–Crippen LogP) is 2.66. The zero-order valence-corrected chi connectivity index (χ0v) is 12.3. The van der Waals surface area contributed by atoms with Gasteiger partial charge < -0.3 is 15.8 Å². The number of rotatable bonds is 6. The van der Waals surface area contributed by atoms with Crippen molar-refractivity contribution in [3.63, 3.8) is 0 Å². The zero-order chi connectivity index (χ0) is 15.1. The van der Waals surface area contributed by atoms with E-state index in [0.717, 1.165) is 11.3 Å². The van der Waals surface area contributed by atoms with Crippen molar-refractivity contribution >= 4 is 23.2 Å². The molecule has 0 heterocycles. The Balaban J connectivity index is 1.67. The number of nitrogens with one attached hydrogen (secondary N) is 1. The summed E-state index contributed by atoms with van der Waals surface area (Å²) in [5, 5.41) is 3.47. The van der Waals surface area contributed by atoms with Crippen LogP contribution in [0.5, 0.6) is 5.75 Å². The van der Waals surface area contributed by atoms with E-state index in [1.54, 1.807) is 36.4 Å². The van der Waals surface area contributed by atoms with Crippen LogP contribution in [0.15, 0.2) is 48.5 Å². The molecule has 0 saturated heterocycles. The molecule has 0 unspecified atom stereocenters. The summed E-state index contributed by atoms with van der Waals surface area (Å²) in [6, 6.07) is 14.4. The standard InChI is InChI=1S/C16H17ClN2O2/c17-13-3-1-12(2-4-13)11-16(20)19-9-10-21-15-7-5-14(18)6-8-15/h1-8H,9-11,18H2,(H,19,20). The van der Waals surface area contributed by atoms with Crippen molar-refractivity contribution in [3.05, 3.63) is 59.1 Å². The number of halogens is 1. The maximum Gasteiger partial charge on any atom is 0.224 e. The topological polar surface area (TPSA) is 64.3 Å². The molecular weight excluding hydrogens is 288 g/mol. The second-order valence-corrected chi connectivity index (χ2v) is 5.01. The molecule has 110 valence electrons. The highest BCUT2D eigenvalue weighted by Gasteiger charge is 2.03. The van der Waals surface area contributed by atoms with Gasteiger partial charge in [-0.2, -0.15) is 0 Å². The van der Waals surface area contributed by atoms with Crippen LogP contribution in [0, 0.1) is 0 Å². The van der Waals surface area contributed by atoms with E-state index in [2.05, 4.69) is 5.32 Å². The van der Waals surface area contributed by atoms with E-state index >= 15 is 0 Å². The van der Waals surface area contributed by atoms with Crippen molar-refractivity contribution in [2.45, 2.75) is 6.42 Å². The Bertz CT molecular complexity index is 582. The van der Waals surface area contributed by atoms with E-state index in [9.17, 15) is 4.79 Å². The lowest BCUT2D eigenvalue weighted by Crippen LogP contribution is -2.29. The van der Waals surface area contributed by atoms with E-state index < -0.39 is 0 Å². The largest absolute Gasteiger partial charge is 0.492 e. The van der Waals surface area contributed by atoms with Crippen LogP contribution in [0.3, 0.4) is 0 Å². The Morgan fingerprint density at radius 1 is 1.10 bits per heavy atom. The molecule has 0 aliphatic heterocycles. The SMILES string of the molecule is Nc1ccc(OCCNC(=O)Cc2ccc(Cl)cc2)cc1. The first-order valence-corrected chi connectivity index (χ1v) is 7.01. The zero-order valence-electron chi connectivity index (χ0n) is 11.5. The average molecular weight is 305 g/mol. The molecule has 0 aliphatic carbocycles. The van der Waals surface area contributed by atoms with Crippen molar-refractivity contribution in [2.75, 3.05) is 18.9 Å². The molecule has 0 radical (unpaired) electrons. The van der Waals surface area contributed by atoms with Gasteiger partial charge in [-0.3, -0.25) is 4.79 Å². The van der Waals surface area contributed by atoms with E-state index in [1.165, 1.54) is 0 Å². The van der Waals surface area contributed by atoms with Crippen LogP contribution in [0.4, 0.5) is 5.69 Å². The highest BCUT2D eigenvalue weighted by atomic mass is 35.5. The summed E-state index contributed by atoms with van der Waals surface area (Å²) in [6.07, 6.45) is 0.332. The Hall–Kier alpha value is -2.20. The van der Waals surface area contributed by atoms with E-state index in [-0.39, 0.29) is 5.91 Å². The monoisotopic (exact) mass is 304 g/mol.